The number of rotatable bonds is 2. The van der Waals surface area contributed by atoms with E-state index in [0.717, 1.165) is 56.1 Å². The Bertz CT molecular complexity index is 686. The quantitative estimate of drug-likeness (QED) is 0.846. The van der Waals surface area contributed by atoms with Crippen LogP contribution in [0, 0.1) is 5.92 Å². The molecule has 1 atom stereocenters. The van der Waals surface area contributed by atoms with Crippen LogP contribution in [-0.4, -0.2) is 54.8 Å². The molecule has 0 N–H and O–H groups in total. The molecule has 0 aliphatic carbocycles. The van der Waals surface area contributed by atoms with Crippen LogP contribution in [0.25, 0.3) is 10.9 Å². The number of nitrogens with zero attached hydrogens (tertiary/aromatic N) is 5. The van der Waals surface area contributed by atoms with Crippen LogP contribution in [0.2, 0.25) is 0 Å². The highest BCUT2D eigenvalue weighted by molar-refractivity contribution is 5.91. The van der Waals surface area contributed by atoms with Crippen molar-refractivity contribution in [2.24, 2.45) is 5.92 Å². The zero-order valence-corrected chi connectivity index (χ0v) is 13.6. The van der Waals surface area contributed by atoms with Gasteiger partial charge in [0.1, 0.15) is 5.52 Å². The van der Waals surface area contributed by atoms with E-state index in [1.807, 2.05) is 0 Å². The van der Waals surface area contributed by atoms with Gasteiger partial charge in [0, 0.05) is 37.3 Å². The number of hydrogen-bond acceptors (Lipinski definition) is 6. The summed E-state index contributed by atoms with van der Waals surface area (Å²) in [5.74, 6) is 1.69. The predicted octanol–water partition coefficient (Wildman–Crippen LogP) is 2.10. The average Bonchev–Trinajstić information content (AvgIpc) is 2.61. The van der Waals surface area contributed by atoms with Crippen molar-refractivity contribution in [2.45, 2.75) is 19.8 Å². The third-order valence-corrected chi connectivity index (χ3v) is 4.85. The van der Waals surface area contributed by atoms with Crippen molar-refractivity contribution in [3.05, 3.63) is 18.2 Å². The number of benzene rings is 1. The summed E-state index contributed by atoms with van der Waals surface area (Å²) in [5, 5.41) is 13.7. The standard InChI is InChI=1S/C17H23N5O/c1-13-3-2-6-22(12-13)17-15-5-4-14(11-16(15)18-20-19-17)21-7-9-23-10-8-21/h4-5,11,13H,2-3,6-10,12H2,1H3. The molecule has 0 spiro atoms. The second-order valence-electron chi connectivity index (χ2n) is 6.61. The number of ether oxygens (including phenoxy) is 1. The summed E-state index contributed by atoms with van der Waals surface area (Å²) in [7, 11) is 0. The molecule has 0 radical (unpaired) electrons. The van der Waals surface area contributed by atoms with E-state index < -0.39 is 0 Å². The van der Waals surface area contributed by atoms with Crippen molar-refractivity contribution >= 4 is 22.4 Å². The van der Waals surface area contributed by atoms with Gasteiger partial charge in [-0.2, -0.15) is 0 Å². The monoisotopic (exact) mass is 313 g/mol. The minimum atomic E-state index is 0.710. The van der Waals surface area contributed by atoms with Crippen molar-refractivity contribution < 1.29 is 4.74 Å². The van der Waals surface area contributed by atoms with Crippen LogP contribution >= 0.6 is 0 Å². The van der Waals surface area contributed by atoms with Gasteiger partial charge in [0.05, 0.1) is 13.2 Å². The highest BCUT2D eigenvalue weighted by atomic mass is 16.5. The zero-order chi connectivity index (χ0) is 15.6. The van der Waals surface area contributed by atoms with E-state index in [1.54, 1.807) is 0 Å². The molecule has 2 aromatic rings. The maximum atomic E-state index is 5.43. The molecule has 0 amide bonds. The minimum absolute atomic E-state index is 0.710. The molecular formula is C17H23N5O. The lowest BCUT2D eigenvalue weighted by Crippen LogP contribution is -2.36. The summed E-state index contributed by atoms with van der Waals surface area (Å²) < 4.78 is 5.43. The van der Waals surface area contributed by atoms with Crippen molar-refractivity contribution in [1.29, 1.82) is 0 Å². The van der Waals surface area contributed by atoms with E-state index in [9.17, 15) is 0 Å². The van der Waals surface area contributed by atoms with Crippen molar-refractivity contribution in [3.63, 3.8) is 0 Å². The largest absolute Gasteiger partial charge is 0.378 e. The maximum Gasteiger partial charge on any atom is 0.162 e. The third kappa shape index (κ3) is 2.95. The van der Waals surface area contributed by atoms with Crippen LogP contribution in [0.5, 0.6) is 0 Å². The molecule has 1 unspecified atom stereocenters. The van der Waals surface area contributed by atoms with Gasteiger partial charge in [-0.1, -0.05) is 6.92 Å². The fourth-order valence-corrected chi connectivity index (χ4v) is 3.59. The number of anilines is 2. The summed E-state index contributed by atoms with van der Waals surface area (Å²) in [5.41, 5.74) is 2.12. The normalized spacial score (nSPS) is 22.6. The first-order valence-corrected chi connectivity index (χ1v) is 8.52. The Kier molecular flexibility index (Phi) is 3.99. The number of aromatic nitrogens is 3. The van der Waals surface area contributed by atoms with Crippen LogP contribution < -0.4 is 9.80 Å². The van der Waals surface area contributed by atoms with E-state index >= 15 is 0 Å². The topological polar surface area (TPSA) is 54.4 Å². The average molecular weight is 313 g/mol. The van der Waals surface area contributed by atoms with Crippen LogP contribution in [0.15, 0.2) is 18.2 Å². The Morgan fingerprint density at radius 1 is 1.09 bits per heavy atom. The van der Waals surface area contributed by atoms with Gasteiger partial charge in [-0.25, -0.2) is 0 Å². The highest BCUT2D eigenvalue weighted by Gasteiger charge is 2.21. The van der Waals surface area contributed by atoms with Gasteiger partial charge in [0.25, 0.3) is 0 Å². The molecule has 2 aliphatic rings. The van der Waals surface area contributed by atoms with Gasteiger partial charge < -0.3 is 14.5 Å². The van der Waals surface area contributed by atoms with Gasteiger partial charge in [0.15, 0.2) is 5.82 Å². The molecule has 122 valence electrons. The molecule has 3 heterocycles. The van der Waals surface area contributed by atoms with E-state index in [-0.39, 0.29) is 0 Å². The van der Waals surface area contributed by atoms with Gasteiger partial charge in [-0.15, -0.1) is 10.2 Å². The summed E-state index contributed by atoms with van der Waals surface area (Å²) in [4.78, 5) is 4.70. The molecule has 2 aliphatic heterocycles. The van der Waals surface area contributed by atoms with Crippen LogP contribution in [0.4, 0.5) is 11.5 Å². The summed E-state index contributed by atoms with van der Waals surface area (Å²) >= 11 is 0. The second-order valence-corrected chi connectivity index (χ2v) is 6.61. The fraction of sp³-hybridized carbons (Fsp3) is 0.588. The number of morpholine rings is 1. The molecule has 6 heteroatoms. The molecule has 6 nitrogen and oxygen atoms in total. The molecule has 4 rings (SSSR count). The van der Waals surface area contributed by atoms with Gasteiger partial charge in [-0.05, 0) is 42.2 Å². The smallest absolute Gasteiger partial charge is 0.162 e. The fourth-order valence-electron chi connectivity index (χ4n) is 3.59. The van der Waals surface area contributed by atoms with E-state index in [2.05, 4.69) is 50.3 Å². The highest BCUT2D eigenvalue weighted by Crippen LogP contribution is 2.29. The van der Waals surface area contributed by atoms with Crippen molar-refractivity contribution in [1.82, 2.24) is 15.4 Å². The molecular weight excluding hydrogens is 290 g/mol. The van der Waals surface area contributed by atoms with Gasteiger partial charge in [-0.3, -0.25) is 0 Å². The maximum absolute atomic E-state index is 5.43. The molecule has 23 heavy (non-hydrogen) atoms. The summed E-state index contributed by atoms with van der Waals surface area (Å²) in [6.07, 6.45) is 2.52. The summed E-state index contributed by atoms with van der Waals surface area (Å²) in [6, 6.07) is 6.45. The second kappa shape index (κ2) is 6.28. The van der Waals surface area contributed by atoms with E-state index in [0.29, 0.717) is 5.92 Å². The molecule has 2 saturated heterocycles. The summed E-state index contributed by atoms with van der Waals surface area (Å²) in [6.45, 7) is 7.86. The molecule has 0 saturated carbocycles. The first-order valence-electron chi connectivity index (χ1n) is 8.52. The lowest BCUT2D eigenvalue weighted by atomic mass is 10.00. The lowest BCUT2D eigenvalue weighted by Gasteiger charge is -2.32. The first-order chi connectivity index (χ1) is 11.3. The Morgan fingerprint density at radius 3 is 2.78 bits per heavy atom. The van der Waals surface area contributed by atoms with Gasteiger partial charge >= 0.3 is 0 Å². The molecule has 1 aromatic carbocycles. The van der Waals surface area contributed by atoms with Crippen LogP contribution in [-0.2, 0) is 4.74 Å². The predicted molar refractivity (Wildman–Crippen MR) is 91.0 cm³/mol. The molecule has 0 bridgehead atoms. The number of piperidine rings is 1. The lowest BCUT2D eigenvalue weighted by molar-refractivity contribution is 0.122. The first kappa shape index (κ1) is 14.6. The number of fused-ring (bicyclic) bond motifs is 1. The Morgan fingerprint density at radius 2 is 1.96 bits per heavy atom. The Balaban J connectivity index is 1.67. The zero-order valence-electron chi connectivity index (χ0n) is 13.6. The van der Waals surface area contributed by atoms with Crippen LogP contribution in [0.3, 0.4) is 0 Å². The SMILES string of the molecule is CC1CCCN(c2nnnc3cc(N4CCOCC4)ccc23)C1. The van der Waals surface area contributed by atoms with Crippen molar-refractivity contribution in [3.8, 4) is 0 Å². The van der Waals surface area contributed by atoms with E-state index in [4.69, 9.17) is 4.74 Å². The Labute approximate surface area is 136 Å². The molecule has 2 fully saturated rings. The van der Waals surface area contributed by atoms with Gasteiger partial charge in [0.2, 0.25) is 0 Å². The van der Waals surface area contributed by atoms with Crippen LogP contribution in [0.1, 0.15) is 19.8 Å². The van der Waals surface area contributed by atoms with E-state index in [1.165, 1.54) is 18.5 Å². The Hall–Kier alpha value is -1.95. The molecule has 1 aromatic heterocycles. The van der Waals surface area contributed by atoms with Crippen molar-refractivity contribution in [2.75, 3.05) is 49.2 Å². The third-order valence-electron chi connectivity index (χ3n) is 4.85. The minimum Gasteiger partial charge on any atom is -0.378 e. The number of hydrogen-bond donors (Lipinski definition) is 0.